The van der Waals surface area contributed by atoms with E-state index < -0.39 is 29.3 Å². The fourth-order valence-electron chi connectivity index (χ4n) is 3.96. The molecule has 0 unspecified atom stereocenters. The highest BCUT2D eigenvalue weighted by Gasteiger charge is 2.22. The molecule has 2 aromatic carbocycles. The van der Waals surface area contributed by atoms with Gasteiger partial charge in [0.05, 0.1) is 27.7 Å². The van der Waals surface area contributed by atoms with Crippen molar-refractivity contribution in [2.75, 3.05) is 0 Å². The Balaban J connectivity index is 1.90. The topological polar surface area (TPSA) is 86.7 Å². The van der Waals surface area contributed by atoms with Crippen molar-refractivity contribution in [3.63, 3.8) is 0 Å². The van der Waals surface area contributed by atoms with Gasteiger partial charge in [-0.05, 0) is 36.8 Å². The Morgan fingerprint density at radius 2 is 1.76 bits per heavy atom. The number of rotatable bonds is 3. The molecule has 0 bridgehead atoms. The number of fused-ring (bicyclic) bond motifs is 2. The zero-order valence-electron chi connectivity index (χ0n) is 16.9. The van der Waals surface area contributed by atoms with Crippen molar-refractivity contribution in [2.24, 2.45) is 5.73 Å². The minimum atomic E-state index is -1.30. The van der Waals surface area contributed by atoms with Gasteiger partial charge in [0.1, 0.15) is 23.0 Å². The van der Waals surface area contributed by atoms with Gasteiger partial charge in [0, 0.05) is 30.1 Å². The predicted octanol–water partition coefficient (Wildman–Crippen LogP) is 4.60. The molecule has 1 amide bonds. The Kier molecular flexibility index (Phi) is 4.59. The number of carbonyl (C=O) groups excluding carboxylic acids is 1. The third-order valence-electron chi connectivity index (χ3n) is 5.33. The zero-order valence-corrected chi connectivity index (χ0v) is 16.9. The van der Waals surface area contributed by atoms with Crippen molar-refractivity contribution < 1.29 is 22.4 Å². The lowest BCUT2D eigenvalue weighted by Gasteiger charge is -2.13. The van der Waals surface area contributed by atoms with Gasteiger partial charge < -0.3 is 5.73 Å². The van der Waals surface area contributed by atoms with Gasteiger partial charge in [0.25, 0.3) is 5.91 Å². The first-order chi connectivity index (χ1) is 15.8. The van der Waals surface area contributed by atoms with Crippen molar-refractivity contribution in [3.8, 4) is 16.8 Å². The molecule has 0 aliphatic carbocycles. The molecule has 0 aliphatic rings. The van der Waals surface area contributed by atoms with Crippen LogP contribution in [0.3, 0.4) is 0 Å². The predicted molar refractivity (Wildman–Crippen MR) is 113 cm³/mol. The second-order valence-corrected chi connectivity index (χ2v) is 7.33. The lowest BCUT2D eigenvalue weighted by molar-refractivity contribution is 0.100. The number of pyridine rings is 2. The van der Waals surface area contributed by atoms with E-state index in [4.69, 9.17) is 5.73 Å². The van der Waals surface area contributed by atoms with E-state index in [-0.39, 0.29) is 44.3 Å². The Morgan fingerprint density at radius 1 is 1.00 bits per heavy atom. The van der Waals surface area contributed by atoms with Crippen molar-refractivity contribution in [1.29, 1.82) is 0 Å². The van der Waals surface area contributed by atoms with Gasteiger partial charge in [0.15, 0.2) is 5.82 Å². The fourth-order valence-corrected chi connectivity index (χ4v) is 3.96. The van der Waals surface area contributed by atoms with Crippen molar-refractivity contribution >= 4 is 27.8 Å². The third kappa shape index (κ3) is 3.18. The van der Waals surface area contributed by atoms with Crippen molar-refractivity contribution in [2.45, 2.75) is 6.92 Å². The fraction of sp³-hybridized carbons (Fsp3) is 0.0435. The Hall–Kier alpha value is -4.34. The molecule has 0 saturated heterocycles. The molecule has 10 heteroatoms. The minimum Gasteiger partial charge on any atom is -0.366 e. The third-order valence-corrected chi connectivity index (χ3v) is 5.33. The molecule has 6 nitrogen and oxygen atoms in total. The smallest absolute Gasteiger partial charge is 0.250 e. The number of imidazole rings is 1. The van der Waals surface area contributed by atoms with Gasteiger partial charge in [-0.3, -0.25) is 14.3 Å². The second kappa shape index (κ2) is 7.37. The SMILES string of the molecule is Cc1nc2c(C(N)=O)cc(-c3ccnc(F)c3F)cc2n1-c1ccnc2cc(F)cc(F)c12. The highest BCUT2D eigenvalue weighted by molar-refractivity contribution is 6.07. The standard InChI is InChI=1S/C23H13F4N5O/c1-10-31-21-14(23(28)33)6-11(13-2-4-30-22(27)20(13)26)7-18(21)32(10)17-3-5-29-16-9-12(24)8-15(25)19(16)17/h2-9H,1H3,(H2,28,33). The summed E-state index contributed by atoms with van der Waals surface area (Å²) in [6, 6.07) is 7.36. The van der Waals surface area contributed by atoms with Crippen LogP contribution in [-0.4, -0.2) is 25.4 Å². The number of primary amides is 1. The van der Waals surface area contributed by atoms with Gasteiger partial charge >= 0.3 is 0 Å². The largest absolute Gasteiger partial charge is 0.366 e. The molecule has 164 valence electrons. The highest BCUT2D eigenvalue weighted by Crippen LogP contribution is 2.34. The number of aryl methyl sites for hydroxylation is 1. The van der Waals surface area contributed by atoms with Gasteiger partial charge in [-0.25, -0.2) is 23.1 Å². The molecule has 3 aromatic heterocycles. The number of nitrogens with zero attached hydrogens (tertiary/aromatic N) is 4. The maximum Gasteiger partial charge on any atom is 0.250 e. The molecule has 0 radical (unpaired) electrons. The molecule has 5 aromatic rings. The number of amides is 1. The number of carbonyl (C=O) groups is 1. The second-order valence-electron chi connectivity index (χ2n) is 7.33. The van der Waals surface area contributed by atoms with Crippen LogP contribution in [0.25, 0.3) is 38.8 Å². The summed E-state index contributed by atoms with van der Waals surface area (Å²) in [6.07, 6.45) is 2.46. The monoisotopic (exact) mass is 451 g/mol. The van der Waals surface area contributed by atoms with Crippen LogP contribution in [0, 0.1) is 30.3 Å². The maximum absolute atomic E-state index is 14.8. The zero-order chi connectivity index (χ0) is 23.4. The molecular formula is C23H13F4N5O. The lowest BCUT2D eigenvalue weighted by Crippen LogP contribution is -2.12. The van der Waals surface area contributed by atoms with Gasteiger partial charge in [-0.15, -0.1) is 0 Å². The lowest BCUT2D eigenvalue weighted by atomic mass is 10.0. The van der Waals surface area contributed by atoms with E-state index in [0.717, 1.165) is 18.3 Å². The van der Waals surface area contributed by atoms with Gasteiger partial charge in [-0.2, -0.15) is 4.39 Å². The first-order valence-electron chi connectivity index (χ1n) is 9.63. The summed E-state index contributed by atoms with van der Waals surface area (Å²) >= 11 is 0. The van der Waals surface area contributed by atoms with Crippen LogP contribution in [0.5, 0.6) is 0 Å². The number of benzene rings is 2. The average Bonchev–Trinajstić information content (AvgIpc) is 3.09. The van der Waals surface area contributed by atoms with Crippen LogP contribution < -0.4 is 5.73 Å². The van der Waals surface area contributed by atoms with E-state index in [0.29, 0.717) is 5.82 Å². The summed E-state index contributed by atoms with van der Waals surface area (Å²) in [5, 5.41) is 0.0217. The number of halogens is 4. The van der Waals surface area contributed by atoms with Crippen molar-refractivity contribution in [1.82, 2.24) is 19.5 Å². The molecule has 2 N–H and O–H groups in total. The van der Waals surface area contributed by atoms with E-state index >= 15 is 0 Å². The van der Waals surface area contributed by atoms with E-state index in [9.17, 15) is 22.4 Å². The minimum absolute atomic E-state index is 0.0217. The van der Waals surface area contributed by atoms with Crippen LogP contribution in [0.4, 0.5) is 17.6 Å². The number of hydrogen-bond acceptors (Lipinski definition) is 4. The van der Waals surface area contributed by atoms with Crippen molar-refractivity contribution in [3.05, 3.63) is 83.6 Å². The quantitative estimate of drug-likeness (QED) is 0.321. The van der Waals surface area contributed by atoms with E-state index in [1.807, 2.05) is 0 Å². The summed E-state index contributed by atoms with van der Waals surface area (Å²) in [7, 11) is 0. The molecule has 0 fully saturated rings. The van der Waals surface area contributed by atoms with Crippen LogP contribution in [-0.2, 0) is 0 Å². The molecule has 5 rings (SSSR count). The number of hydrogen-bond donors (Lipinski definition) is 1. The molecule has 0 atom stereocenters. The summed E-state index contributed by atoms with van der Waals surface area (Å²) in [6.45, 7) is 1.62. The Labute approximate surface area is 183 Å². The van der Waals surface area contributed by atoms with E-state index in [2.05, 4.69) is 15.0 Å². The first kappa shape index (κ1) is 20.6. The van der Waals surface area contributed by atoms with Gasteiger partial charge in [0.2, 0.25) is 5.95 Å². The molecule has 0 spiro atoms. The molecular weight excluding hydrogens is 438 g/mol. The normalized spacial score (nSPS) is 11.4. The van der Waals surface area contributed by atoms with Crippen LogP contribution in [0.2, 0.25) is 0 Å². The van der Waals surface area contributed by atoms with Crippen LogP contribution in [0.1, 0.15) is 16.2 Å². The van der Waals surface area contributed by atoms with Crippen LogP contribution >= 0.6 is 0 Å². The van der Waals surface area contributed by atoms with E-state index in [1.165, 1.54) is 35.0 Å². The van der Waals surface area contributed by atoms with E-state index in [1.54, 1.807) is 6.92 Å². The first-order valence-corrected chi connectivity index (χ1v) is 9.63. The maximum atomic E-state index is 14.8. The molecule has 33 heavy (non-hydrogen) atoms. The summed E-state index contributed by atoms with van der Waals surface area (Å²) in [5.41, 5.74) is 6.31. The Morgan fingerprint density at radius 3 is 2.52 bits per heavy atom. The van der Waals surface area contributed by atoms with Crippen LogP contribution in [0.15, 0.2) is 48.8 Å². The Bertz CT molecular complexity index is 1610. The highest BCUT2D eigenvalue weighted by atomic mass is 19.2. The molecule has 3 heterocycles. The van der Waals surface area contributed by atoms with Gasteiger partial charge in [-0.1, -0.05) is 0 Å². The number of aromatic nitrogens is 4. The summed E-state index contributed by atoms with van der Waals surface area (Å²) < 4.78 is 58.3. The molecule has 0 aliphatic heterocycles. The average molecular weight is 451 g/mol. The molecule has 0 saturated carbocycles. The summed E-state index contributed by atoms with van der Waals surface area (Å²) in [4.78, 5) is 23.9. The number of nitrogens with two attached hydrogens (primary N) is 1. The summed E-state index contributed by atoms with van der Waals surface area (Å²) in [5.74, 6) is -4.63.